The maximum atomic E-state index is 14.3. The molecule has 0 saturated carbocycles. The molecular formula is C18H25F3N2O5S. The number of ether oxygens (including phenoxy) is 1. The topological polar surface area (TPSA) is 98.5 Å². The van der Waals surface area contributed by atoms with Gasteiger partial charge in [-0.05, 0) is 59.2 Å². The van der Waals surface area contributed by atoms with E-state index in [9.17, 15) is 32.3 Å². The van der Waals surface area contributed by atoms with E-state index in [2.05, 4.69) is 4.72 Å². The lowest BCUT2D eigenvalue weighted by molar-refractivity contribution is -0.384. The number of benzene rings is 1. The summed E-state index contributed by atoms with van der Waals surface area (Å²) in [6, 6.07) is 3.57. The van der Waals surface area contributed by atoms with Crippen molar-refractivity contribution in [1.29, 1.82) is 0 Å². The number of hydrogen-bond acceptors (Lipinski definition) is 5. The van der Waals surface area contributed by atoms with Gasteiger partial charge in [-0.25, -0.2) is 8.93 Å². The third kappa shape index (κ3) is 6.49. The second kappa shape index (κ2) is 8.39. The second-order valence-electron chi connectivity index (χ2n) is 8.45. The van der Waals surface area contributed by atoms with E-state index in [0.29, 0.717) is 0 Å². The number of esters is 1. The molecule has 0 aliphatic carbocycles. The average Bonchev–Trinajstić information content (AvgIpc) is 2.50. The van der Waals surface area contributed by atoms with Crippen molar-refractivity contribution in [2.75, 3.05) is 0 Å². The highest BCUT2D eigenvalue weighted by Crippen LogP contribution is 2.43. The summed E-state index contributed by atoms with van der Waals surface area (Å²) in [5.41, 5.74) is -5.01. The van der Waals surface area contributed by atoms with Crippen molar-refractivity contribution < 1.29 is 31.8 Å². The number of rotatable bonds is 6. The van der Waals surface area contributed by atoms with Crippen LogP contribution >= 0.6 is 0 Å². The standard InChI is InChI=1S/C18H25F3N2O5S/c1-15(2,3)28-14(24)11-17(18(19,20)21,22-29(27)16(4,5)6)12-7-9-13(10-8-12)23(25)26/h7-10,22H,11H2,1-6H3. The van der Waals surface area contributed by atoms with Gasteiger partial charge in [0.15, 0.2) is 5.54 Å². The minimum absolute atomic E-state index is 0.418. The van der Waals surface area contributed by atoms with E-state index in [1.165, 1.54) is 41.5 Å². The number of non-ortho nitro benzene ring substituents is 1. The lowest BCUT2D eigenvalue weighted by Gasteiger charge is -2.38. The minimum atomic E-state index is -5.07. The molecule has 2 unspecified atom stereocenters. The van der Waals surface area contributed by atoms with Gasteiger partial charge in [0.2, 0.25) is 0 Å². The molecule has 0 bridgehead atoms. The Morgan fingerprint density at radius 2 is 1.59 bits per heavy atom. The van der Waals surface area contributed by atoms with Crippen LogP contribution in [0.4, 0.5) is 18.9 Å². The number of hydrogen-bond donors (Lipinski definition) is 1. The van der Waals surface area contributed by atoms with E-state index in [-0.39, 0.29) is 0 Å². The van der Waals surface area contributed by atoms with Gasteiger partial charge in [-0.3, -0.25) is 14.9 Å². The SMILES string of the molecule is CC(C)(C)OC(=O)CC(NS(=O)C(C)(C)C)(c1ccc([N+](=O)[O-])cc1)C(F)(F)F. The summed E-state index contributed by atoms with van der Waals surface area (Å²) in [5, 5.41) is 10.8. The van der Waals surface area contributed by atoms with E-state index in [4.69, 9.17) is 4.74 Å². The fourth-order valence-electron chi connectivity index (χ4n) is 2.29. The molecule has 1 rings (SSSR count). The lowest BCUT2D eigenvalue weighted by atomic mass is 9.86. The van der Waals surface area contributed by atoms with Crippen LogP contribution in [-0.2, 0) is 26.1 Å². The summed E-state index contributed by atoms with van der Waals surface area (Å²) in [7, 11) is -2.22. The lowest BCUT2D eigenvalue weighted by Crippen LogP contribution is -2.58. The molecule has 1 aromatic rings. The van der Waals surface area contributed by atoms with Crippen molar-refractivity contribution in [3.63, 3.8) is 0 Å². The molecule has 0 amide bonds. The first-order valence-electron chi connectivity index (χ1n) is 8.62. The Bertz CT molecular complexity index is 783. The molecule has 7 nitrogen and oxygen atoms in total. The van der Waals surface area contributed by atoms with Crippen molar-refractivity contribution in [2.45, 2.75) is 70.0 Å². The molecule has 0 saturated heterocycles. The van der Waals surface area contributed by atoms with Crippen LogP contribution in [0, 0.1) is 10.1 Å². The van der Waals surface area contributed by atoms with Gasteiger partial charge in [-0.15, -0.1) is 0 Å². The third-order valence-corrected chi connectivity index (χ3v) is 5.35. The molecule has 0 aliphatic rings. The van der Waals surface area contributed by atoms with Crippen LogP contribution in [0.1, 0.15) is 53.5 Å². The summed E-state index contributed by atoms with van der Waals surface area (Å²) >= 11 is 0. The number of nitro benzene ring substituents is 1. The van der Waals surface area contributed by atoms with Gasteiger partial charge in [0.25, 0.3) is 5.69 Å². The fraction of sp³-hybridized carbons (Fsp3) is 0.611. The number of halogens is 3. The molecule has 0 fully saturated rings. The van der Waals surface area contributed by atoms with E-state index in [0.717, 1.165) is 24.3 Å². The molecule has 0 aromatic heterocycles. The van der Waals surface area contributed by atoms with Gasteiger partial charge in [-0.1, -0.05) is 0 Å². The van der Waals surface area contributed by atoms with Crippen LogP contribution in [0.5, 0.6) is 0 Å². The number of carbonyl (C=O) groups excluding carboxylic acids is 1. The van der Waals surface area contributed by atoms with Gasteiger partial charge < -0.3 is 4.74 Å². The quantitative estimate of drug-likeness (QED) is 0.409. The molecule has 164 valence electrons. The van der Waals surface area contributed by atoms with E-state index < -0.39 is 61.6 Å². The Labute approximate surface area is 169 Å². The number of nitrogens with one attached hydrogen (secondary N) is 1. The Hall–Kier alpha value is -2.01. The van der Waals surface area contributed by atoms with Crippen LogP contribution in [0.25, 0.3) is 0 Å². The Morgan fingerprint density at radius 3 is 1.93 bits per heavy atom. The predicted molar refractivity (Wildman–Crippen MR) is 102 cm³/mol. The Morgan fingerprint density at radius 1 is 1.10 bits per heavy atom. The molecule has 2 atom stereocenters. The first-order chi connectivity index (χ1) is 12.9. The fourth-order valence-corrected chi connectivity index (χ4v) is 3.22. The first-order valence-corrected chi connectivity index (χ1v) is 9.77. The predicted octanol–water partition coefficient (Wildman–Crippen LogP) is 4.14. The van der Waals surface area contributed by atoms with Crippen LogP contribution in [-0.4, -0.2) is 31.6 Å². The van der Waals surface area contributed by atoms with Gasteiger partial charge in [-0.2, -0.15) is 13.2 Å². The Kier molecular flexibility index (Phi) is 7.24. The molecule has 1 N–H and O–H groups in total. The normalized spacial score (nSPS) is 16.0. The van der Waals surface area contributed by atoms with Crippen LogP contribution in [0.2, 0.25) is 0 Å². The average molecular weight is 438 g/mol. The van der Waals surface area contributed by atoms with Crippen molar-refractivity contribution >= 4 is 22.6 Å². The van der Waals surface area contributed by atoms with Crippen molar-refractivity contribution in [3.05, 3.63) is 39.9 Å². The van der Waals surface area contributed by atoms with E-state index >= 15 is 0 Å². The van der Waals surface area contributed by atoms with Gasteiger partial charge in [0.1, 0.15) is 5.60 Å². The van der Waals surface area contributed by atoms with Gasteiger partial charge in [0.05, 0.1) is 27.1 Å². The maximum absolute atomic E-state index is 14.3. The third-order valence-electron chi connectivity index (χ3n) is 3.71. The number of carbonyl (C=O) groups is 1. The van der Waals surface area contributed by atoms with E-state index in [1.807, 2.05) is 0 Å². The van der Waals surface area contributed by atoms with Gasteiger partial charge >= 0.3 is 12.1 Å². The summed E-state index contributed by atoms with van der Waals surface area (Å²) < 4.78 is 61.6. The second-order valence-corrected chi connectivity index (χ2v) is 10.4. The van der Waals surface area contributed by atoms with Crippen LogP contribution in [0.3, 0.4) is 0 Å². The van der Waals surface area contributed by atoms with Crippen molar-refractivity contribution in [3.8, 4) is 0 Å². The number of alkyl halides is 3. The van der Waals surface area contributed by atoms with Crippen molar-refractivity contribution in [2.24, 2.45) is 0 Å². The summed E-state index contributed by atoms with van der Waals surface area (Å²) in [5.74, 6) is -1.16. The maximum Gasteiger partial charge on any atom is 0.412 e. The zero-order chi connectivity index (χ0) is 22.8. The molecule has 11 heteroatoms. The van der Waals surface area contributed by atoms with Crippen LogP contribution in [0.15, 0.2) is 24.3 Å². The van der Waals surface area contributed by atoms with Crippen molar-refractivity contribution in [1.82, 2.24) is 4.72 Å². The minimum Gasteiger partial charge on any atom is -0.460 e. The monoisotopic (exact) mass is 438 g/mol. The summed E-state index contributed by atoms with van der Waals surface area (Å²) in [4.78, 5) is 22.4. The summed E-state index contributed by atoms with van der Waals surface area (Å²) in [6.45, 7) is 8.94. The summed E-state index contributed by atoms with van der Waals surface area (Å²) in [6.07, 6.45) is -6.27. The van der Waals surface area contributed by atoms with E-state index in [1.54, 1.807) is 0 Å². The van der Waals surface area contributed by atoms with Crippen LogP contribution < -0.4 is 4.72 Å². The highest BCUT2D eigenvalue weighted by Gasteiger charge is 2.59. The number of nitrogens with zero attached hydrogens (tertiary/aromatic N) is 1. The molecule has 0 aliphatic heterocycles. The highest BCUT2D eigenvalue weighted by atomic mass is 32.2. The number of nitro groups is 1. The smallest absolute Gasteiger partial charge is 0.412 e. The first kappa shape index (κ1) is 25.0. The van der Waals surface area contributed by atoms with Gasteiger partial charge in [0, 0.05) is 12.1 Å². The molecule has 0 radical (unpaired) electrons. The molecule has 0 heterocycles. The molecule has 29 heavy (non-hydrogen) atoms. The largest absolute Gasteiger partial charge is 0.460 e. The zero-order valence-corrected chi connectivity index (χ0v) is 17.9. The highest BCUT2D eigenvalue weighted by molar-refractivity contribution is 7.84. The molecule has 1 aromatic carbocycles. The zero-order valence-electron chi connectivity index (χ0n) is 17.0. The molecular weight excluding hydrogens is 413 g/mol. The Balaban J connectivity index is 3.59. The molecule has 0 spiro atoms.